The number of aryl methyl sites for hydroxylation is 1. The van der Waals surface area contributed by atoms with Crippen molar-refractivity contribution < 1.29 is 13.6 Å². The molecular weight excluding hydrogens is 242 g/mol. The lowest BCUT2D eigenvalue weighted by atomic mass is 10.1. The molecule has 18 heavy (non-hydrogen) atoms. The van der Waals surface area contributed by atoms with Gasteiger partial charge in [0.2, 0.25) is 0 Å². The number of hydrazone groups is 1. The molecule has 0 atom stereocenters. The van der Waals surface area contributed by atoms with Crippen LogP contribution < -0.4 is 11.2 Å². The predicted octanol–water partition coefficient (Wildman–Crippen LogP) is 1.46. The van der Waals surface area contributed by atoms with Crippen LogP contribution in [0, 0.1) is 11.6 Å². The maximum absolute atomic E-state index is 14.0. The normalized spacial score (nSPS) is 11.3. The topological polar surface area (TPSA) is 72.4 Å². The highest BCUT2D eigenvalue weighted by atomic mass is 19.1. The number of aromatic nitrogens is 1. The molecule has 0 fully saturated rings. The molecule has 2 rings (SSSR count). The molecule has 1 aromatic heterocycles. The van der Waals surface area contributed by atoms with Gasteiger partial charge in [0.15, 0.2) is 0 Å². The van der Waals surface area contributed by atoms with Gasteiger partial charge in [-0.2, -0.15) is 5.10 Å². The summed E-state index contributed by atoms with van der Waals surface area (Å²) in [6.07, 6.45) is 2.50. The molecule has 2 aromatic rings. The predicted molar refractivity (Wildman–Crippen MR) is 63.1 cm³/mol. The largest absolute Gasteiger partial charge is 0.350 e. The maximum Gasteiger partial charge on any atom is 0.332 e. The van der Waals surface area contributed by atoms with Gasteiger partial charge < -0.3 is 10.3 Å². The van der Waals surface area contributed by atoms with Gasteiger partial charge in [-0.15, -0.1) is 0 Å². The van der Waals surface area contributed by atoms with Gasteiger partial charge in [0.1, 0.15) is 11.6 Å². The molecule has 0 aliphatic heterocycles. The Morgan fingerprint density at radius 2 is 2.28 bits per heavy atom. The van der Waals surface area contributed by atoms with Crippen LogP contribution in [0.15, 0.2) is 23.4 Å². The summed E-state index contributed by atoms with van der Waals surface area (Å²) in [6, 6.07) is 1.82. The molecule has 0 bridgehead atoms. The third kappa shape index (κ3) is 2.02. The number of nitrogens with one attached hydrogen (secondary N) is 1. The van der Waals surface area contributed by atoms with Crippen molar-refractivity contribution in [3.63, 3.8) is 0 Å². The summed E-state index contributed by atoms with van der Waals surface area (Å²) < 4.78 is 29.3. The van der Waals surface area contributed by atoms with Gasteiger partial charge in [-0.25, -0.2) is 19.0 Å². The van der Waals surface area contributed by atoms with Crippen molar-refractivity contribution in [2.24, 2.45) is 17.9 Å². The number of urea groups is 1. The fourth-order valence-electron chi connectivity index (χ4n) is 1.63. The highest BCUT2D eigenvalue weighted by Crippen LogP contribution is 2.23. The van der Waals surface area contributed by atoms with Crippen LogP contribution in [0.5, 0.6) is 0 Å². The average molecular weight is 252 g/mol. The van der Waals surface area contributed by atoms with Gasteiger partial charge in [0, 0.05) is 18.6 Å². The summed E-state index contributed by atoms with van der Waals surface area (Å²) >= 11 is 0. The van der Waals surface area contributed by atoms with Gasteiger partial charge in [-0.05, 0) is 12.1 Å². The molecule has 0 spiro atoms. The first-order valence-corrected chi connectivity index (χ1v) is 5.02. The Balaban J connectivity index is 2.51. The maximum atomic E-state index is 14.0. The quantitative estimate of drug-likeness (QED) is 0.616. The van der Waals surface area contributed by atoms with Gasteiger partial charge in [-0.1, -0.05) is 0 Å². The molecule has 0 radical (unpaired) electrons. The number of fused-ring (bicyclic) bond motifs is 1. The Bertz CT molecular complexity index is 648. The monoisotopic (exact) mass is 252 g/mol. The van der Waals surface area contributed by atoms with Gasteiger partial charge in [0.25, 0.3) is 0 Å². The molecule has 0 saturated heterocycles. The number of primary amides is 1. The van der Waals surface area contributed by atoms with Crippen molar-refractivity contribution in [1.82, 2.24) is 9.99 Å². The molecule has 1 heterocycles. The van der Waals surface area contributed by atoms with Crippen LogP contribution >= 0.6 is 0 Å². The first-order valence-electron chi connectivity index (χ1n) is 5.02. The Morgan fingerprint density at radius 3 is 2.94 bits per heavy atom. The van der Waals surface area contributed by atoms with Crippen LogP contribution in [-0.4, -0.2) is 16.8 Å². The van der Waals surface area contributed by atoms with E-state index in [2.05, 4.69) is 5.10 Å². The SMILES string of the molecule is Cn1ccc2c(F)c(C=NNC(N)=O)c(F)cc21. The summed E-state index contributed by atoms with van der Waals surface area (Å²) in [6.45, 7) is 0. The smallest absolute Gasteiger partial charge is 0.332 e. The summed E-state index contributed by atoms with van der Waals surface area (Å²) in [4.78, 5) is 10.4. The number of carbonyl (C=O) groups is 1. The van der Waals surface area contributed by atoms with E-state index in [4.69, 9.17) is 5.73 Å². The van der Waals surface area contributed by atoms with Crippen molar-refractivity contribution >= 4 is 23.1 Å². The second-order valence-electron chi connectivity index (χ2n) is 3.68. The molecule has 0 aliphatic rings. The van der Waals surface area contributed by atoms with Crippen LogP contribution in [-0.2, 0) is 7.05 Å². The Hall–Kier alpha value is -2.44. The Morgan fingerprint density at radius 1 is 1.56 bits per heavy atom. The molecule has 7 heteroatoms. The second kappa shape index (κ2) is 4.44. The minimum absolute atomic E-state index is 0.277. The van der Waals surface area contributed by atoms with Crippen molar-refractivity contribution in [3.8, 4) is 0 Å². The summed E-state index contributed by atoms with van der Waals surface area (Å²) in [7, 11) is 1.68. The molecular formula is C11H10F2N4O. The van der Waals surface area contributed by atoms with E-state index in [1.807, 2.05) is 5.43 Å². The minimum Gasteiger partial charge on any atom is -0.350 e. The summed E-state index contributed by atoms with van der Waals surface area (Å²) in [5.41, 5.74) is 6.75. The number of nitrogens with zero attached hydrogens (tertiary/aromatic N) is 2. The zero-order valence-electron chi connectivity index (χ0n) is 9.45. The first-order chi connectivity index (χ1) is 8.50. The lowest BCUT2D eigenvalue weighted by Crippen LogP contribution is -2.24. The van der Waals surface area contributed by atoms with Gasteiger partial charge in [0.05, 0.1) is 17.3 Å². The Kier molecular flexibility index (Phi) is 2.97. The molecule has 2 amide bonds. The van der Waals surface area contributed by atoms with Crippen LogP contribution in [0.25, 0.3) is 10.9 Å². The first kappa shape index (κ1) is 12.0. The molecule has 3 N–H and O–H groups in total. The third-order valence-electron chi connectivity index (χ3n) is 2.48. The number of hydrogen-bond donors (Lipinski definition) is 2. The van der Waals surface area contributed by atoms with E-state index in [-0.39, 0.29) is 10.9 Å². The van der Waals surface area contributed by atoms with E-state index >= 15 is 0 Å². The van der Waals surface area contributed by atoms with Crippen LogP contribution in [0.2, 0.25) is 0 Å². The van der Waals surface area contributed by atoms with E-state index in [1.54, 1.807) is 17.8 Å². The van der Waals surface area contributed by atoms with Crippen molar-refractivity contribution in [3.05, 3.63) is 35.5 Å². The van der Waals surface area contributed by atoms with Gasteiger partial charge >= 0.3 is 6.03 Å². The van der Waals surface area contributed by atoms with E-state index in [9.17, 15) is 13.6 Å². The Labute approximate surface area is 101 Å². The van der Waals surface area contributed by atoms with E-state index in [0.717, 1.165) is 6.21 Å². The fraction of sp³-hybridized carbons (Fsp3) is 0.0909. The van der Waals surface area contributed by atoms with Crippen LogP contribution in [0.3, 0.4) is 0 Å². The second-order valence-corrected chi connectivity index (χ2v) is 3.68. The van der Waals surface area contributed by atoms with Crippen molar-refractivity contribution in [2.45, 2.75) is 0 Å². The highest BCUT2D eigenvalue weighted by molar-refractivity contribution is 5.91. The molecule has 0 aliphatic carbocycles. The van der Waals surface area contributed by atoms with Crippen LogP contribution in [0.1, 0.15) is 5.56 Å². The number of hydrogen-bond acceptors (Lipinski definition) is 2. The van der Waals surface area contributed by atoms with E-state index < -0.39 is 17.7 Å². The number of rotatable bonds is 2. The molecule has 1 aromatic carbocycles. The van der Waals surface area contributed by atoms with Crippen LogP contribution in [0.4, 0.5) is 13.6 Å². The lowest BCUT2D eigenvalue weighted by Gasteiger charge is -2.03. The number of carbonyl (C=O) groups excluding carboxylic acids is 1. The molecule has 0 saturated carbocycles. The van der Waals surface area contributed by atoms with Crippen molar-refractivity contribution in [1.29, 1.82) is 0 Å². The molecule has 0 unspecified atom stereocenters. The standard InChI is InChI=1S/C11H10F2N4O/c1-17-3-2-6-9(17)4-8(12)7(10(6)13)5-15-16-11(14)18/h2-5H,1H3,(H3,14,16,18). The summed E-state index contributed by atoms with van der Waals surface area (Å²) in [5.74, 6) is -1.50. The summed E-state index contributed by atoms with van der Waals surface area (Å²) in [5, 5.41) is 3.62. The van der Waals surface area contributed by atoms with Crippen molar-refractivity contribution in [2.75, 3.05) is 0 Å². The zero-order valence-corrected chi connectivity index (χ0v) is 9.45. The lowest BCUT2D eigenvalue weighted by molar-refractivity contribution is 0.249. The number of nitrogens with two attached hydrogens (primary N) is 1. The zero-order chi connectivity index (χ0) is 13.3. The number of halogens is 2. The average Bonchev–Trinajstić information content (AvgIpc) is 2.65. The van der Waals surface area contributed by atoms with E-state index in [1.165, 1.54) is 12.1 Å². The highest BCUT2D eigenvalue weighted by Gasteiger charge is 2.13. The number of benzene rings is 1. The fourth-order valence-corrected chi connectivity index (χ4v) is 1.63. The molecule has 94 valence electrons. The van der Waals surface area contributed by atoms with Gasteiger partial charge in [-0.3, -0.25) is 0 Å². The molecule has 5 nitrogen and oxygen atoms in total. The third-order valence-corrected chi connectivity index (χ3v) is 2.48. The van der Waals surface area contributed by atoms with E-state index in [0.29, 0.717) is 5.52 Å². The number of amides is 2. The minimum atomic E-state index is -0.909.